The molecule has 0 bridgehead atoms. The third kappa shape index (κ3) is 1.76. The number of nitrogens with two attached hydrogens (primary N) is 1. The summed E-state index contributed by atoms with van der Waals surface area (Å²) in [5, 5.41) is 0. The number of aliphatic imine (C=N–C) groups is 1. The van der Waals surface area contributed by atoms with Crippen molar-refractivity contribution in [2.75, 3.05) is 13.1 Å². The third-order valence-corrected chi connectivity index (χ3v) is 3.69. The van der Waals surface area contributed by atoms with E-state index in [1.165, 1.54) is 0 Å². The van der Waals surface area contributed by atoms with Gasteiger partial charge in [0.1, 0.15) is 17.2 Å². The molecule has 1 aromatic carbocycles. The van der Waals surface area contributed by atoms with Crippen LogP contribution in [0.5, 0.6) is 0 Å². The van der Waals surface area contributed by atoms with Crippen LogP contribution in [0.25, 0.3) is 16.6 Å². The highest BCUT2D eigenvalue weighted by Gasteiger charge is 2.32. The number of allylic oxidation sites excluding steroid dienone is 1. The number of fused-ring (bicyclic) bond motifs is 1. The van der Waals surface area contributed by atoms with Gasteiger partial charge in [0.15, 0.2) is 5.78 Å². The Morgan fingerprint density at radius 1 is 1.29 bits per heavy atom. The number of aromatic nitrogens is 2. The van der Waals surface area contributed by atoms with Gasteiger partial charge in [-0.1, -0.05) is 12.1 Å². The molecule has 4 rings (SSSR count). The van der Waals surface area contributed by atoms with Crippen LogP contribution in [0, 0.1) is 0 Å². The summed E-state index contributed by atoms with van der Waals surface area (Å²) in [5.74, 6) is 0.920. The lowest BCUT2D eigenvalue weighted by molar-refractivity contribution is -0.113. The molecule has 0 radical (unpaired) electrons. The van der Waals surface area contributed by atoms with Crippen molar-refractivity contribution in [3.63, 3.8) is 0 Å². The van der Waals surface area contributed by atoms with Gasteiger partial charge in [0.25, 0.3) is 0 Å². The van der Waals surface area contributed by atoms with E-state index in [1.54, 1.807) is 11.1 Å². The molecule has 6 nitrogen and oxygen atoms in total. The maximum Gasteiger partial charge on any atom is 0.189 e. The standard InChI is InChI=1S/C15H13N5O/c16-14-13(12(21)8-20(14)9-5-6-17-7-9)15-18-10-3-1-2-4-11(10)19-15/h1-5,7H,6,8,16H2,(H,18,19). The molecule has 0 aliphatic carbocycles. The van der Waals surface area contributed by atoms with Gasteiger partial charge in [0.05, 0.1) is 29.8 Å². The predicted molar refractivity (Wildman–Crippen MR) is 80.4 cm³/mol. The number of hydrogen-bond acceptors (Lipinski definition) is 5. The van der Waals surface area contributed by atoms with E-state index in [1.807, 2.05) is 30.3 Å². The number of nitrogens with one attached hydrogen (secondary N) is 1. The number of carbonyl (C=O) groups is 1. The summed E-state index contributed by atoms with van der Waals surface area (Å²) in [6, 6.07) is 7.65. The minimum Gasteiger partial charge on any atom is -0.384 e. The number of carbonyl (C=O) groups excluding carboxylic acids is 1. The van der Waals surface area contributed by atoms with E-state index < -0.39 is 0 Å². The van der Waals surface area contributed by atoms with Gasteiger partial charge in [-0.15, -0.1) is 0 Å². The maximum absolute atomic E-state index is 12.3. The smallest absolute Gasteiger partial charge is 0.189 e. The summed E-state index contributed by atoms with van der Waals surface area (Å²) >= 11 is 0. The van der Waals surface area contributed by atoms with Crippen molar-refractivity contribution >= 4 is 28.6 Å². The Morgan fingerprint density at radius 3 is 2.90 bits per heavy atom. The summed E-state index contributed by atoms with van der Waals surface area (Å²) < 4.78 is 0. The minimum absolute atomic E-state index is 0.0345. The van der Waals surface area contributed by atoms with Crippen molar-refractivity contribution in [1.29, 1.82) is 0 Å². The summed E-state index contributed by atoms with van der Waals surface area (Å²) in [5.41, 5.74) is 9.20. The SMILES string of the molecule is NC1=C(c2nc3ccccc3[nH]2)C(=O)CN1C1=CCN=C1. The zero-order chi connectivity index (χ0) is 14.4. The largest absolute Gasteiger partial charge is 0.384 e. The number of Topliss-reactive ketones (excluding diaryl/α,β-unsaturated/α-hetero) is 1. The first-order valence-corrected chi connectivity index (χ1v) is 6.69. The molecule has 21 heavy (non-hydrogen) atoms. The van der Waals surface area contributed by atoms with Gasteiger partial charge in [-0.25, -0.2) is 4.98 Å². The van der Waals surface area contributed by atoms with Gasteiger partial charge < -0.3 is 15.6 Å². The number of hydrogen-bond donors (Lipinski definition) is 2. The quantitative estimate of drug-likeness (QED) is 0.860. The van der Waals surface area contributed by atoms with Gasteiger partial charge in [0, 0.05) is 6.21 Å². The van der Waals surface area contributed by atoms with E-state index in [4.69, 9.17) is 5.73 Å². The van der Waals surface area contributed by atoms with Crippen molar-refractivity contribution in [3.8, 4) is 0 Å². The molecular formula is C15H13N5O. The number of aromatic amines is 1. The molecule has 2 aromatic rings. The predicted octanol–water partition coefficient (Wildman–Crippen LogP) is 1.04. The monoisotopic (exact) mass is 279 g/mol. The van der Waals surface area contributed by atoms with Crippen LogP contribution in [0.3, 0.4) is 0 Å². The van der Waals surface area contributed by atoms with Gasteiger partial charge in [-0.2, -0.15) is 0 Å². The topological polar surface area (TPSA) is 87.4 Å². The van der Waals surface area contributed by atoms with E-state index in [2.05, 4.69) is 15.0 Å². The highest BCUT2D eigenvalue weighted by atomic mass is 16.1. The Balaban J connectivity index is 1.82. The molecule has 0 saturated carbocycles. The molecule has 0 unspecified atom stereocenters. The number of H-pyrrole nitrogens is 1. The van der Waals surface area contributed by atoms with Gasteiger partial charge >= 0.3 is 0 Å². The zero-order valence-corrected chi connectivity index (χ0v) is 11.2. The van der Waals surface area contributed by atoms with Crippen LogP contribution in [0.15, 0.2) is 46.9 Å². The fourth-order valence-electron chi connectivity index (χ4n) is 2.67. The number of para-hydroxylation sites is 2. The third-order valence-electron chi connectivity index (χ3n) is 3.69. The molecule has 0 spiro atoms. The Hall–Kier alpha value is -2.89. The molecule has 1 aromatic heterocycles. The van der Waals surface area contributed by atoms with E-state index in [9.17, 15) is 4.79 Å². The minimum atomic E-state index is -0.0345. The number of rotatable bonds is 2. The maximum atomic E-state index is 12.3. The van der Waals surface area contributed by atoms with Gasteiger partial charge in [0.2, 0.25) is 0 Å². The molecule has 104 valence electrons. The number of imidazole rings is 1. The number of benzene rings is 1. The fraction of sp³-hybridized carbons (Fsp3) is 0.133. The van der Waals surface area contributed by atoms with Crippen LogP contribution in [-0.4, -0.2) is 40.0 Å². The fourth-order valence-corrected chi connectivity index (χ4v) is 2.67. The van der Waals surface area contributed by atoms with Crippen LogP contribution in [0.4, 0.5) is 0 Å². The molecule has 3 heterocycles. The Labute approximate surface area is 120 Å². The van der Waals surface area contributed by atoms with E-state index in [0.29, 0.717) is 23.8 Å². The van der Waals surface area contributed by atoms with Crippen LogP contribution >= 0.6 is 0 Å². The molecule has 3 N–H and O–H groups in total. The average Bonchev–Trinajstić information content (AvgIpc) is 3.17. The van der Waals surface area contributed by atoms with Crippen LogP contribution in [-0.2, 0) is 4.79 Å². The zero-order valence-electron chi connectivity index (χ0n) is 11.2. The van der Waals surface area contributed by atoms with E-state index in [0.717, 1.165) is 16.7 Å². The van der Waals surface area contributed by atoms with Crippen molar-refractivity contribution in [2.45, 2.75) is 0 Å². The first kappa shape index (κ1) is 11.9. The highest BCUT2D eigenvalue weighted by molar-refractivity contribution is 6.24. The Bertz CT molecular complexity index is 810. The average molecular weight is 279 g/mol. The first-order chi connectivity index (χ1) is 10.2. The second kappa shape index (κ2) is 4.31. The second-order valence-electron chi connectivity index (χ2n) is 5.00. The molecular weight excluding hydrogens is 266 g/mol. The number of ketones is 1. The second-order valence-corrected chi connectivity index (χ2v) is 5.00. The summed E-state index contributed by atoms with van der Waals surface area (Å²) in [6.45, 7) is 0.864. The lowest BCUT2D eigenvalue weighted by atomic mass is 10.2. The molecule has 0 atom stereocenters. The van der Waals surface area contributed by atoms with Crippen molar-refractivity contribution in [3.05, 3.63) is 47.7 Å². The lowest BCUT2D eigenvalue weighted by Gasteiger charge is -2.17. The van der Waals surface area contributed by atoms with Crippen molar-refractivity contribution in [2.24, 2.45) is 10.7 Å². The van der Waals surface area contributed by atoms with Gasteiger partial charge in [-0.05, 0) is 18.2 Å². The summed E-state index contributed by atoms with van der Waals surface area (Å²) in [6.07, 6.45) is 3.68. The lowest BCUT2D eigenvalue weighted by Crippen LogP contribution is -2.25. The van der Waals surface area contributed by atoms with Crippen LogP contribution < -0.4 is 5.73 Å². The van der Waals surface area contributed by atoms with E-state index >= 15 is 0 Å². The molecule has 0 saturated heterocycles. The van der Waals surface area contributed by atoms with E-state index in [-0.39, 0.29) is 12.3 Å². The molecule has 2 aliphatic rings. The highest BCUT2D eigenvalue weighted by Crippen LogP contribution is 2.28. The summed E-state index contributed by atoms with van der Waals surface area (Å²) in [7, 11) is 0. The van der Waals surface area contributed by atoms with Crippen molar-refractivity contribution in [1.82, 2.24) is 14.9 Å². The molecule has 2 aliphatic heterocycles. The molecule has 6 heteroatoms. The van der Waals surface area contributed by atoms with Crippen molar-refractivity contribution < 1.29 is 4.79 Å². The summed E-state index contributed by atoms with van der Waals surface area (Å²) in [4.78, 5) is 25.8. The van der Waals surface area contributed by atoms with Crippen LogP contribution in [0.2, 0.25) is 0 Å². The normalized spacial score (nSPS) is 18.2. The number of nitrogens with zero attached hydrogens (tertiary/aromatic N) is 3. The Kier molecular flexibility index (Phi) is 2.44. The molecule has 0 amide bonds. The van der Waals surface area contributed by atoms with Gasteiger partial charge in [-0.3, -0.25) is 9.79 Å². The van der Waals surface area contributed by atoms with Crippen LogP contribution in [0.1, 0.15) is 5.82 Å². The molecule has 0 fully saturated rings. The Morgan fingerprint density at radius 2 is 2.14 bits per heavy atom. The first-order valence-electron chi connectivity index (χ1n) is 6.69.